The van der Waals surface area contributed by atoms with Crippen molar-refractivity contribution in [3.8, 4) is 11.5 Å². The van der Waals surface area contributed by atoms with E-state index in [-0.39, 0.29) is 44.6 Å². The molecular weight excluding hydrogens is 414 g/mol. The molecule has 0 fully saturated rings. The Bertz CT molecular complexity index is 1270. The summed E-state index contributed by atoms with van der Waals surface area (Å²) in [6.07, 6.45) is 0. The molecule has 3 aromatic carbocycles. The summed E-state index contributed by atoms with van der Waals surface area (Å²) in [5, 5.41) is 23.9. The fourth-order valence-corrected chi connectivity index (χ4v) is 4.40. The lowest BCUT2D eigenvalue weighted by atomic mass is 9.78. The highest BCUT2D eigenvalue weighted by Crippen LogP contribution is 2.41. The van der Waals surface area contributed by atoms with Crippen LogP contribution in [0.5, 0.6) is 11.5 Å². The first kappa shape index (κ1) is 22.6. The highest BCUT2D eigenvalue weighted by molar-refractivity contribution is 6.30. The number of benzene rings is 3. The molecule has 0 saturated carbocycles. The van der Waals surface area contributed by atoms with Crippen LogP contribution in [-0.2, 0) is 10.8 Å². The highest BCUT2D eigenvalue weighted by atomic mass is 16.3. The number of ketones is 2. The molecule has 3 N–H and O–H groups in total. The SMILES string of the molecule is CC(C)(C)c1cccc(C(C)(C)C)c1Nc1ccc2c(c1)C(=O)c1c(O)ccc(O)c1C2=O. The zero-order valence-corrected chi connectivity index (χ0v) is 19.8. The van der Waals surface area contributed by atoms with Crippen LogP contribution in [0.25, 0.3) is 0 Å². The number of rotatable bonds is 2. The Morgan fingerprint density at radius 1 is 0.667 bits per heavy atom. The molecule has 0 heterocycles. The van der Waals surface area contributed by atoms with Crippen LogP contribution in [0.1, 0.15) is 84.5 Å². The summed E-state index contributed by atoms with van der Waals surface area (Å²) >= 11 is 0. The molecule has 33 heavy (non-hydrogen) atoms. The van der Waals surface area contributed by atoms with E-state index in [0.717, 1.165) is 16.8 Å². The molecule has 3 aromatic rings. The third-order valence-electron chi connectivity index (χ3n) is 6.07. The molecule has 0 spiro atoms. The topological polar surface area (TPSA) is 86.6 Å². The van der Waals surface area contributed by atoms with Gasteiger partial charge in [-0.1, -0.05) is 59.7 Å². The van der Waals surface area contributed by atoms with Crippen molar-refractivity contribution in [2.75, 3.05) is 5.32 Å². The maximum absolute atomic E-state index is 13.2. The summed E-state index contributed by atoms with van der Waals surface area (Å²) in [5.74, 6) is -1.61. The molecular formula is C28H29NO4. The van der Waals surface area contributed by atoms with E-state index >= 15 is 0 Å². The first-order valence-electron chi connectivity index (χ1n) is 11.0. The summed E-state index contributed by atoms with van der Waals surface area (Å²) in [6.45, 7) is 12.9. The summed E-state index contributed by atoms with van der Waals surface area (Å²) in [7, 11) is 0. The number of carbonyl (C=O) groups excluding carboxylic acids is 2. The van der Waals surface area contributed by atoms with E-state index in [1.54, 1.807) is 18.2 Å². The maximum atomic E-state index is 13.2. The van der Waals surface area contributed by atoms with Crippen LogP contribution in [0.15, 0.2) is 48.5 Å². The first-order chi connectivity index (χ1) is 15.3. The Balaban J connectivity index is 1.85. The highest BCUT2D eigenvalue weighted by Gasteiger charge is 2.35. The van der Waals surface area contributed by atoms with Crippen molar-refractivity contribution in [1.29, 1.82) is 0 Å². The van der Waals surface area contributed by atoms with Gasteiger partial charge in [-0.15, -0.1) is 0 Å². The lowest BCUT2D eigenvalue weighted by Crippen LogP contribution is -2.22. The number of phenols is 2. The minimum atomic E-state index is -0.489. The van der Waals surface area contributed by atoms with Crippen LogP contribution in [0.4, 0.5) is 11.4 Å². The van der Waals surface area contributed by atoms with Gasteiger partial charge in [0.1, 0.15) is 11.5 Å². The molecule has 0 amide bonds. The number of carbonyl (C=O) groups is 2. The van der Waals surface area contributed by atoms with Gasteiger partial charge >= 0.3 is 0 Å². The zero-order chi connectivity index (χ0) is 24.3. The predicted octanol–water partition coefficient (Wildman–Crippen LogP) is 6.21. The summed E-state index contributed by atoms with van der Waals surface area (Å²) in [5.41, 5.74) is 3.79. The number of anilines is 2. The van der Waals surface area contributed by atoms with Gasteiger partial charge in [-0.05, 0) is 52.3 Å². The molecule has 0 aromatic heterocycles. The molecule has 170 valence electrons. The molecule has 0 atom stereocenters. The van der Waals surface area contributed by atoms with Crippen molar-refractivity contribution in [3.63, 3.8) is 0 Å². The van der Waals surface area contributed by atoms with E-state index in [4.69, 9.17) is 0 Å². The van der Waals surface area contributed by atoms with Gasteiger partial charge in [0.2, 0.25) is 0 Å². The summed E-state index contributed by atoms with van der Waals surface area (Å²) < 4.78 is 0. The monoisotopic (exact) mass is 443 g/mol. The number of fused-ring (bicyclic) bond motifs is 2. The first-order valence-corrected chi connectivity index (χ1v) is 11.0. The van der Waals surface area contributed by atoms with Crippen LogP contribution in [0, 0.1) is 0 Å². The van der Waals surface area contributed by atoms with Crippen LogP contribution < -0.4 is 5.32 Å². The maximum Gasteiger partial charge on any atom is 0.198 e. The van der Waals surface area contributed by atoms with E-state index in [9.17, 15) is 19.8 Å². The van der Waals surface area contributed by atoms with Crippen LogP contribution in [-0.4, -0.2) is 21.8 Å². The van der Waals surface area contributed by atoms with Gasteiger partial charge in [-0.25, -0.2) is 0 Å². The average molecular weight is 444 g/mol. The van der Waals surface area contributed by atoms with Gasteiger partial charge in [0, 0.05) is 22.5 Å². The van der Waals surface area contributed by atoms with Gasteiger partial charge < -0.3 is 15.5 Å². The number of phenolic OH excluding ortho intramolecular Hbond substituents is 2. The predicted molar refractivity (Wildman–Crippen MR) is 130 cm³/mol. The zero-order valence-electron chi connectivity index (χ0n) is 19.8. The normalized spacial score (nSPS) is 13.5. The number of nitrogens with one attached hydrogen (secondary N) is 1. The second-order valence-electron chi connectivity index (χ2n) is 10.6. The van der Waals surface area contributed by atoms with E-state index in [1.165, 1.54) is 12.1 Å². The molecule has 1 aliphatic rings. The Morgan fingerprint density at radius 2 is 1.15 bits per heavy atom. The average Bonchev–Trinajstić information content (AvgIpc) is 2.72. The largest absolute Gasteiger partial charge is 0.507 e. The third kappa shape index (κ3) is 3.78. The van der Waals surface area contributed by atoms with Crippen molar-refractivity contribution in [2.24, 2.45) is 0 Å². The lowest BCUT2D eigenvalue weighted by molar-refractivity contribution is 0.0974. The molecule has 0 radical (unpaired) electrons. The van der Waals surface area contributed by atoms with Gasteiger partial charge in [0.15, 0.2) is 11.6 Å². The fourth-order valence-electron chi connectivity index (χ4n) is 4.40. The molecule has 0 unspecified atom stereocenters. The van der Waals surface area contributed by atoms with Gasteiger partial charge in [0.05, 0.1) is 11.1 Å². The number of hydrogen-bond donors (Lipinski definition) is 3. The molecule has 5 nitrogen and oxygen atoms in total. The van der Waals surface area contributed by atoms with Crippen molar-refractivity contribution in [1.82, 2.24) is 0 Å². The van der Waals surface area contributed by atoms with E-state index in [2.05, 4.69) is 65.1 Å². The molecule has 5 heteroatoms. The summed E-state index contributed by atoms with van der Waals surface area (Å²) in [4.78, 5) is 26.3. The third-order valence-corrected chi connectivity index (χ3v) is 6.07. The Labute approximate surface area is 194 Å². The molecule has 4 rings (SSSR count). The second-order valence-corrected chi connectivity index (χ2v) is 10.6. The Morgan fingerprint density at radius 3 is 1.64 bits per heavy atom. The lowest BCUT2D eigenvalue weighted by Gasteiger charge is -2.30. The van der Waals surface area contributed by atoms with Crippen molar-refractivity contribution in [2.45, 2.75) is 52.4 Å². The molecule has 1 aliphatic carbocycles. The van der Waals surface area contributed by atoms with Crippen molar-refractivity contribution in [3.05, 3.63) is 81.9 Å². The second kappa shape index (κ2) is 7.48. The van der Waals surface area contributed by atoms with E-state index < -0.39 is 11.6 Å². The quantitative estimate of drug-likeness (QED) is 0.321. The minimum absolute atomic E-state index is 0.119. The smallest absolute Gasteiger partial charge is 0.198 e. The standard InChI is InChI=1S/C28H29NO4/c1-27(2,3)18-8-7-9-19(28(4,5)6)24(18)29-15-10-11-16-17(14-15)26(33)23-21(31)13-12-20(30)22(23)25(16)32/h7-14,29-31H,1-6H3. The van der Waals surface area contributed by atoms with E-state index in [1.807, 2.05) is 0 Å². The van der Waals surface area contributed by atoms with E-state index in [0.29, 0.717) is 5.69 Å². The van der Waals surface area contributed by atoms with Crippen LogP contribution in [0.2, 0.25) is 0 Å². The number of hydrogen-bond acceptors (Lipinski definition) is 5. The van der Waals surface area contributed by atoms with Crippen molar-refractivity contribution >= 4 is 22.9 Å². The molecule has 0 saturated heterocycles. The van der Waals surface area contributed by atoms with Gasteiger partial charge in [-0.2, -0.15) is 0 Å². The minimum Gasteiger partial charge on any atom is -0.507 e. The van der Waals surface area contributed by atoms with Gasteiger partial charge in [-0.3, -0.25) is 9.59 Å². The molecule has 0 bridgehead atoms. The number of aromatic hydroxyl groups is 2. The van der Waals surface area contributed by atoms with Crippen molar-refractivity contribution < 1.29 is 19.8 Å². The van der Waals surface area contributed by atoms with Gasteiger partial charge in [0.25, 0.3) is 0 Å². The van der Waals surface area contributed by atoms with Crippen LogP contribution in [0.3, 0.4) is 0 Å². The summed E-state index contributed by atoms with van der Waals surface area (Å²) in [6, 6.07) is 13.7. The molecule has 0 aliphatic heterocycles. The Hall–Kier alpha value is -3.60. The van der Waals surface area contributed by atoms with Crippen LogP contribution >= 0.6 is 0 Å². The fraction of sp³-hybridized carbons (Fsp3) is 0.286. The Kier molecular flexibility index (Phi) is 5.12. The number of para-hydroxylation sites is 1.